The van der Waals surface area contributed by atoms with E-state index in [0.717, 1.165) is 25.3 Å². The van der Waals surface area contributed by atoms with Gasteiger partial charge in [-0.25, -0.2) is 4.98 Å². The van der Waals surface area contributed by atoms with Crippen LogP contribution in [0, 0.1) is 0 Å². The number of nitrogens with zero attached hydrogens (tertiary/aromatic N) is 1. The molecule has 1 aliphatic carbocycles. The molecular weight excluding hydrogens is 301 g/mol. The standard InChI is InChI=1S/C14H19F3N2OS/c1-2-21(20)11-6-3-5-10(9-11)19-13-12(14(15,16)17)7-4-8-18-13/h4,7-8,10-11H,2-3,5-6,9H2,1H3,(H,18,19). The van der Waals surface area contributed by atoms with Gasteiger partial charge < -0.3 is 5.32 Å². The van der Waals surface area contributed by atoms with Crippen molar-refractivity contribution < 1.29 is 17.4 Å². The van der Waals surface area contributed by atoms with Crippen LogP contribution in [0.5, 0.6) is 0 Å². The second-order valence-electron chi connectivity index (χ2n) is 5.20. The first-order chi connectivity index (χ1) is 9.91. The Kier molecular flexibility index (Phi) is 5.24. The molecule has 7 heteroatoms. The molecule has 3 unspecified atom stereocenters. The molecule has 2 rings (SSSR count). The van der Waals surface area contributed by atoms with Gasteiger partial charge in [0, 0.05) is 34.0 Å². The average Bonchev–Trinajstić information content (AvgIpc) is 2.46. The predicted molar refractivity (Wildman–Crippen MR) is 77.6 cm³/mol. The van der Waals surface area contributed by atoms with Gasteiger partial charge in [0.2, 0.25) is 0 Å². The van der Waals surface area contributed by atoms with Crippen LogP contribution in [0.4, 0.5) is 19.0 Å². The fourth-order valence-electron chi connectivity index (χ4n) is 2.69. The van der Waals surface area contributed by atoms with Crippen molar-refractivity contribution in [3.63, 3.8) is 0 Å². The van der Waals surface area contributed by atoms with E-state index in [9.17, 15) is 17.4 Å². The first-order valence-corrected chi connectivity index (χ1v) is 8.46. The third-order valence-electron chi connectivity index (χ3n) is 3.74. The Hall–Kier alpha value is -1.11. The second-order valence-corrected chi connectivity index (χ2v) is 7.20. The lowest BCUT2D eigenvalue weighted by molar-refractivity contribution is -0.137. The first kappa shape index (κ1) is 16.3. The van der Waals surface area contributed by atoms with Crippen molar-refractivity contribution in [1.29, 1.82) is 0 Å². The van der Waals surface area contributed by atoms with Gasteiger partial charge in [-0.15, -0.1) is 0 Å². The number of nitrogens with one attached hydrogen (secondary N) is 1. The van der Waals surface area contributed by atoms with Crippen LogP contribution in [-0.2, 0) is 17.0 Å². The Morgan fingerprint density at radius 3 is 2.86 bits per heavy atom. The number of anilines is 1. The molecule has 1 N–H and O–H groups in total. The summed E-state index contributed by atoms with van der Waals surface area (Å²) < 4.78 is 50.7. The minimum Gasteiger partial charge on any atom is -0.367 e. The fraction of sp³-hybridized carbons (Fsp3) is 0.643. The molecule has 0 aliphatic heterocycles. The summed E-state index contributed by atoms with van der Waals surface area (Å²) >= 11 is 0. The van der Waals surface area contributed by atoms with Gasteiger partial charge >= 0.3 is 6.18 Å². The molecule has 3 nitrogen and oxygen atoms in total. The maximum atomic E-state index is 12.9. The summed E-state index contributed by atoms with van der Waals surface area (Å²) in [6, 6.07) is 2.21. The van der Waals surface area contributed by atoms with E-state index in [1.165, 1.54) is 12.3 Å². The van der Waals surface area contributed by atoms with Crippen molar-refractivity contribution in [2.75, 3.05) is 11.1 Å². The van der Waals surface area contributed by atoms with E-state index < -0.39 is 22.5 Å². The highest BCUT2D eigenvalue weighted by Crippen LogP contribution is 2.35. The van der Waals surface area contributed by atoms with Crippen LogP contribution in [-0.4, -0.2) is 26.2 Å². The minimum atomic E-state index is -4.42. The lowest BCUT2D eigenvalue weighted by Crippen LogP contribution is -2.33. The topological polar surface area (TPSA) is 42.0 Å². The van der Waals surface area contributed by atoms with Gasteiger partial charge in [0.05, 0.1) is 5.56 Å². The Morgan fingerprint density at radius 1 is 1.43 bits per heavy atom. The maximum absolute atomic E-state index is 12.9. The van der Waals surface area contributed by atoms with Crippen molar-refractivity contribution in [3.05, 3.63) is 23.9 Å². The van der Waals surface area contributed by atoms with Gasteiger partial charge in [-0.2, -0.15) is 13.2 Å². The summed E-state index contributed by atoms with van der Waals surface area (Å²) in [6.45, 7) is 1.87. The van der Waals surface area contributed by atoms with E-state index in [1.54, 1.807) is 0 Å². The molecule has 1 aliphatic rings. The van der Waals surface area contributed by atoms with Crippen molar-refractivity contribution in [2.45, 2.75) is 50.1 Å². The van der Waals surface area contributed by atoms with Gasteiger partial charge in [-0.3, -0.25) is 4.21 Å². The van der Waals surface area contributed by atoms with E-state index in [2.05, 4.69) is 10.3 Å². The van der Waals surface area contributed by atoms with Crippen LogP contribution < -0.4 is 5.32 Å². The van der Waals surface area contributed by atoms with Gasteiger partial charge in [-0.1, -0.05) is 13.3 Å². The van der Waals surface area contributed by atoms with Crippen molar-refractivity contribution in [2.24, 2.45) is 0 Å². The molecule has 1 heterocycles. The van der Waals surface area contributed by atoms with E-state index >= 15 is 0 Å². The van der Waals surface area contributed by atoms with E-state index in [4.69, 9.17) is 0 Å². The minimum absolute atomic E-state index is 0.0688. The van der Waals surface area contributed by atoms with E-state index in [-0.39, 0.29) is 17.1 Å². The molecule has 0 amide bonds. The molecule has 0 radical (unpaired) electrons. The number of halogens is 3. The normalized spacial score (nSPS) is 24.6. The Morgan fingerprint density at radius 2 is 2.19 bits per heavy atom. The number of aromatic nitrogens is 1. The molecule has 0 spiro atoms. The van der Waals surface area contributed by atoms with E-state index in [1.807, 2.05) is 6.92 Å². The smallest absolute Gasteiger partial charge is 0.367 e. The van der Waals surface area contributed by atoms with Crippen LogP contribution in [0.25, 0.3) is 0 Å². The number of alkyl halides is 3. The van der Waals surface area contributed by atoms with Crippen LogP contribution in [0.1, 0.15) is 38.2 Å². The van der Waals surface area contributed by atoms with Crippen LogP contribution >= 0.6 is 0 Å². The van der Waals surface area contributed by atoms with Crippen molar-refractivity contribution >= 4 is 16.6 Å². The SMILES string of the molecule is CCS(=O)C1CCCC(Nc2ncccc2C(F)(F)F)C1. The average molecular weight is 320 g/mol. The highest BCUT2D eigenvalue weighted by Gasteiger charge is 2.35. The van der Waals surface area contributed by atoms with Crippen LogP contribution in [0.15, 0.2) is 18.3 Å². The maximum Gasteiger partial charge on any atom is 0.419 e. The third kappa shape index (κ3) is 4.18. The fourth-order valence-corrected chi connectivity index (χ4v) is 4.04. The molecule has 21 heavy (non-hydrogen) atoms. The lowest BCUT2D eigenvalue weighted by Gasteiger charge is -2.30. The highest BCUT2D eigenvalue weighted by atomic mass is 32.2. The van der Waals surface area contributed by atoms with Gasteiger partial charge in [-0.05, 0) is 31.4 Å². The van der Waals surface area contributed by atoms with Crippen molar-refractivity contribution in [1.82, 2.24) is 4.98 Å². The second kappa shape index (κ2) is 6.77. The molecule has 3 atom stereocenters. The number of pyridine rings is 1. The molecule has 1 saturated carbocycles. The number of hydrogen-bond donors (Lipinski definition) is 1. The zero-order chi connectivity index (χ0) is 15.5. The molecule has 118 valence electrons. The first-order valence-electron chi connectivity index (χ1n) is 7.07. The zero-order valence-electron chi connectivity index (χ0n) is 11.8. The summed E-state index contributed by atoms with van der Waals surface area (Å²) in [5.74, 6) is 0.465. The van der Waals surface area contributed by atoms with Crippen LogP contribution in [0.2, 0.25) is 0 Å². The summed E-state index contributed by atoms with van der Waals surface area (Å²) in [6.07, 6.45) is 0.105. The van der Waals surface area contributed by atoms with Gasteiger partial charge in [0.25, 0.3) is 0 Å². The molecule has 1 aromatic rings. The Bertz CT molecular complexity index is 507. The monoisotopic (exact) mass is 320 g/mol. The molecular formula is C14H19F3N2OS. The molecule has 0 saturated heterocycles. The van der Waals surface area contributed by atoms with Gasteiger partial charge in [0.1, 0.15) is 5.82 Å². The Labute approximate surface area is 124 Å². The quantitative estimate of drug-likeness (QED) is 0.922. The van der Waals surface area contributed by atoms with Crippen molar-refractivity contribution in [3.8, 4) is 0 Å². The van der Waals surface area contributed by atoms with E-state index in [0.29, 0.717) is 12.2 Å². The van der Waals surface area contributed by atoms with Gasteiger partial charge in [0.15, 0.2) is 0 Å². The Balaban J connectivity index is 2.10. The third-order valence-corrected chi connectivity index (χ3v) is 5.48. The number of rotatable bonds is 4. The largest absolute Gasteiger partial charge is 0.419 e. The molecule has 0 bridgehead atoms. The predicted octanol–water partition coefficient (Wildman–Crippen LogP) is 3.59. The summed E-state index contributed by atoms with van der Waals surface area (Å²) in [4.78, 5) is 3.82. The van der Waals surface area contributed by atoms with Crippen LogP contribution in [0.3, 0.4) is 0 Å². The zero-order valence-corrected chi connectivity index (χ0v) is 12.6. The summed E-state index contributed by atoms with van der Waals surface area (Å²) in [7, 11) is -0.897. The lowest BCUT2D eigenvalue weighted by atomic mass is 9.95. The summed E-state index contributed by atoms with van der Waals surface area (Å²) in [5, 5.41) is 2.97. The number of hydrogen-bond acceptors (Lipinski definition) is 3. The molecule has 1 aromatic heterocycles. The molecule has 0 aromatic carbocycles. The highest BCUT2D eigenvalue weighted by molar-refractivity contribution is 7.85. The summed E-state index contributed by atoms with van der Waals surface area (Å²) in [5.41, 5.74) is -0.747. The molecule has 1 fully saturated rings.